The minimum Gasteiger partial charge on any atom is -0.206 e. The summed E-state index contributed by atoms with van der Waals surface area (Å²) in [5, 5.41) is 0. The first-order chi connectivity index (χ1) is 18.1. The number of benzene rings is 3. The molecular formula is C24H26F2N2O8S4. The number of anilines is 2. The summed E-state index contributed by atoms with van der Waals surface area (Å²) in [6, 6.07) is 9.70. The van der Waals surface area contributed by atoms with Crippen LogP contribution in [-0.4, -0.2) is 58.7 Å². The molecule has 16 heteroatoms. The zero-order chi connectivity index (χ0) is 30.6. The van der Waals surface area contributed by atoms with E-state index in [0.29, 0.717) is 0 Å². The van der Waals surface area contributed by atoms with Gasteiger partial charge in [-0.2, -0.15) is 7.42 Å². The molecule has 3 aromatic rings. The lowest BCUT2D eigenvalue weighted by molar-refractivity contribution is 0.587. The van der Waals surface area contributed by atoms with E-state index in [-0.39, 0.29) is 52.2 Å². The zero-order valence-corrected chi connectivity index (χ0v) is 25.4. The van der Waals surface area contributed by atoms with E-state index in [0.717, 1.165) is 49.3 Å². The van der Waals surface area contributed by atoms with Crippen LogP contribution in [0.1, 0.15) is 11.1 Å². The first-order valence-corrected chi connectivity index (χ1v) is 18.6. The highest BCUT2D eigenvalue weighted by Crippen LogP contribution is 2.39. The third-order valence-electron chi connectivity index (χ3n) is 5.79. The van der Waals surface area contributed by atoms with Crippen molar-refractivity contribution >= 4 is 51.5 Å². The molecule has 0 spiro atoms. The maximum atomic E-state index is 15.7. The molecule has 40 heavy (non-hydrogen) atoms. The highest BCUT2D eigenvalue weighted by molar-refractivity contribution is 8.10. The molecule has 0 radical (unpaired) electrons. The molecule has 0 atom stereocenters. The van der Waals surface area contributed by atoms with E-state index in [9.17, 15) is 33.7 Å². The summed E-state index contributed by atoms with van der Waals surface area (Å²) in [6.45, 7) is 2.65. The first kappa shape index (κ1) is 31.4. The van der Waals surface area contributed by atoms with Crippen molar-refractivity contribution in [3.63, 3.8) is 0 Å². The van der Waals surface area contributed by atoms with Gasteiger partial charge < -0.3 is 0 Å². The van der Waals surface area contributed by atoms with Crippen LogP contribution in [0.5, 0.6) is 0 Å². The number of sulfonamides is 4. The number of hydrogen-bond acceptors (Lipinski definition) is 8. The maximum Gasteiger partial charge on any atom is 0.245 e. The zero-order valence-electron chi connectivity index (χ0n) is 22.2. The molecule has 0 saturated heterocycles. The predicted molar refractivity (Wildman–Crippen MR) is 151 cm³/mol. The highest BCUT2D eigenvalue weighted by atomic mass is 32.3. The van der Waals surface area contributed by atoms with E-state index in [4.69, 9.17) is 0 Å². The van der Waals surface area contributed by atoms with Crippen molar-refractivity contribution in [3.05, 3.63) is 71.3 Å². The van der Waals surface area contributed by atoms with Gasteiger partial charge in [-0.3, -0.25) is 0 Å². The maximum absolute atomic E-state index is 15.7. The molecule has 0 N–H and O–H groups in total. The highest BCUT2D eigenvalue weighted by Gasteiger charge is 2.29. The van der Waals surface area contributed by atoms with Crippen molar-refractivity contribution in [2.75, 3.05) is 32.4 Å². The average molecular weight is 637 g/mol. The molecule has 0 amide bonds. The number of rotatable bonds is 8. The second-order valence-electron chi connectivity index (χ2n) is 9.17. The molecule has 0 unspecified atom stereocenters. The van der Waals surface area contributed by atoms with E-state index in [1.165, 1.54) is 38.1 Å². The predicted octanol–water partition coefficient (Wildman–Crippen LogP) is 3.37. The Labute approximate surface area is 233 Å². The normalized spacial score (nSPS) is 12.8. The fraction of sp³-hybridized carbons (Fsp3) is 0.250. The van der Waals surface area contributed by atoms with Crippen LogP contribution < -0.4 is 7.42 Å². The van der Waals surface area contributed by atoms with Crippen LogP contribution in [0.25, 0.3) is 22.3 Å². The lowest BCUT2D eigenvalue weighted by atomic mass is 9.90. The minimum absolute atomic E-state index is 0.105. The van der Waals surface area contributed by atoms with Crippen LogP contribution in [0.4, 0.5) is 20.2 Å². The topological polar surface area (TPSA) is 143 Å². The van der Waals surface area contributed by atoms with Gasteiger partial charge in [-0.25, -0.2) is 42.5 Å². The van der Waals surface area contributed by atoms with E-state index < -0.39 is 51.7 Å². The van der Waals surface area contributed by atoms with Crippen molar-refractivity contribution in [1.82, 2.24) is 0 Å². The Morgan fingerprint density at radius 1 is 0.475 bits per heavy atom. The van der Waals surface area contributed by atoms with Gasteiger partial charge in [0.05, 0.1) is 36.4 Å². The van der Waals surface area contributed by atoms with Crippen LogP contribution in [0, 0.1) is 25.5 Å². The van der Waals surface area contributed by atoms with E-state index in [2.05, 4.69) is 0 Å². The molecule has 0 saturated carbocycles. The third kappa shape index (κ3) is 6.14. The van der Waals surface area contributed by atoms with Gasteiger partial charge in [0.1, 0.15) is 11.6 Å². The van der Waals surface area contributed by atoms with Crippen molar-refractivity contribution in [1.29, 1.82) is 0 Å². The summed E-state index contributed by atoms with van der Waals surface area (Å²) in [5.74, 6) is -1.61. The van der Waals surface area contributed by atoms with Crippen molar-refractivity contribution in [3.8, 4) is 22.3 Å². The Morgan fingerprint density at radius 2 is 0.700 bits per heavy atom. The van der Waals surface area contributed by atoms with Gasteiger partial charge in [0.2, 0.25) is 40.1 Å². The van der Waals surface area contributed by atoms with Gasteiger partial charge in [-0.15, -0.1) is 0 Å². The molecule has 0 fully saturated rings. The largest absolute Gasteiger partial charge is 0.245 e. The lowest BCUT2D eigenvalue weighted by Crippen LogP contribution is -2.35. The average Bonchev–Trinajstić information content (AvgIpc) is 2.76. The Morgan fingerprint density at radius 3 is 0.900 bits per heavy atom. The Balaban J connectivity index is 2.14. The fourth-order valence-electron chi connectivity index (χ4n) is 4.37. The Kier molecular flexibility index (Phi) is 8.17. The Hall–Kier alpha value is -3.08. The minimum atomic E-state index is -4.20. The molecule has 0 bridgehead atoms. The Bertz CT molecular complexity index is 1690. The quantitative estimate of drug-likeness (QED) is 0.366. The van der Waals surface area contributed by atoms with E-state index >= 15 is 8.78 Å². The SMILES string of the molecule is Cc1c(F)c(-c2ccc(N(S(C)(=O)=O)S(C)(=O)=O)cc2)c(C)c(F)c1-c1ccc(N(S(C)(=O)=O)S(C)(=O)=O)cc1. The first-order valence-electron chi connectivity index (χ1n) is 11.2. The standard InChI is InChI=1S/C24H26F2N2O8S4/c1-15-21(17-7-11-19(12-8-17)27(37(3,29)30)38(4,31)32)24(26)16(2)22(23(15)25)18-9-13-20(14-10-18)28(39(5,33)34)40(6,35)36/h7-14H,1-6H3. The fourth-order valence-corrected chi connectivity index (χ4v) is 10.3. The summed E-state index contributed by atoms with van der Waals surface area (Å²) in [7, 11) is -16.8. The summed E-state index contributed by atoms with van der Waals surface area (Å²) in [5.41, 5.74) is -0.585. The summed E-state index contributed by atoms with van der Waals surface area (Å²) in [4.78, 5) is 0. The lowest BCUT2D eigenvalue weighted by Gasteiger charge is -2.21. The second-order valence-corrected chi connectivity index (χ2v) is 17.0. The molecule has 0 aliphatic heterocycles. The van der Waals surface area contributed by atoms with Crippen LogP contribution in [-0.2, 0) is 40.1 Å². The summed E-state index contributed by atoms with van der Waals surface area (Å²) < 4.78 is 128. The molecule has 0 heterocycles. The number of halogens is 2. The summed E-state index contributed by atoms with van der Waals surface area (Å²) in [6.07, 6.45) is 2.87. The molecule has 218 valence electrons. The molecule has 3 aromatic carbocycles. The smallest absolute Gasteiger partial charge is 0.206 e. The molecular weight excluding hydrogens is 611 g/mol. The van der Waals surface area contributed by atoms with E-state index in [1.54, 1.807) is 0 Å². The van der Waals surface area contributed by atoms with Crippen molar-refractivity contribution < 1.29 is 42.5 Å². The number of hydrogen-bond donors (Lipinski definition) is 0. The van der Waals surface area contributed by atoms with Gasteiger partial charge in [0.25, 0.3) is 0 Å². The number of nitrogens with zero attached hydrogens (tertiary/aromatic N) is 2. The van der Waals surface area contributed by atoms with Gasteiger partial charge in [0, 0.05) is 11.1 Å². The van der Waals surface area contributed by atoms with Crippen LogP contribution in [0.3, 0.4) is 0 Å². The molecule has 0 aromatic heterocycles. The molecule has 10 nitrogen and oxygen atoms in total. The van der Waals surface area contributed by atoms with Crippen molar-refractivity contribution in [2.24, 2.45) is 0 Å². The van der Waals surface area contributed by atoms with Gasteiger partial charge in [0.15, 0.2) is 0 Å². The van der Waals surface area contributed by atoms with Crippen molar-refractivity contribution in [2.45, 2.75) is 13.8 Å². The van der Waals surface area contributed by atoms with Gasteiger partial charge in [-0.05, 0) is 60.4 Å². The van der Waals surface area contributed by atoms with Gasteiger partial charge >= 0.3 is 0 Å². The molecule has 0 aliphatic carbocycles. The molecule has 3 rings (SSSR count). The van der Waals surface area contributed by atoms with Crippen LogP contribution in [0.15, 0.2) is 48.5 Å². The summed E-state index contributed by atoms with van der Waals surface area (Å²) >= 11 is 0. The monoisotopic (exact) mass is 636 g/mol. The van der Waals surface area contributed by atoms with Gasteiger partial charge in [-0.1, -0.05) is 24.3 Å². The van der Waals surface area contributed by atoms with Crippen LogP contribution in [0.2, 0.25) is 0 Å². The third-order valence-corrected chi connectivity index (χ3v) is 12.3. The van der Waals surface area contributed by atoms with E-state index in [1.807, 2.05) is 0 Å². The second kappa shape index (κ2) is 10.4. The van der Waals surface area contributed by atoms with Crippen LogP contribution >= 0.6 is 0 Å². The molecule has 0 aliphatic rings.